The number of nitriles is 1. The summed E-state index contributed by atoms with van der Waals surface area (Å²) in [5, 5.41) is 19.1. The van der Waals surface area contributed by atoms with Crippen LogP contribution in [0.5, 0.6) is 0 Å². The van der Waals surface area contributed by atoms with E-state index in [4.69, 9.17) is 5.73 Å². The van der Waals surface area contributed by atoms with Gasteiger partial charge in [-0.25, -0.2) is 19.3 Å². The Morgan fingerprint density at radius 3 is 2.45 bits per heavy atom. The van der Waals surface area contributed by atoms with E-state index in [-0.39, 0.29) is 18.1 Å². The highest BCUT2D eigenvalue weighted by Crippen LogP contribution is 2.37. The van der Waals surface area contributed by atoms with E-state index in [1.165, 1.54) is 6.33 Å². The van der Waals surface area contributed by atoms with Crippen LogP contribution < -0.4 is 16.4 Å². The largest absolute Gasteiger partial charge is 0.416 e. The number of hydrogen-bond acceptors (Lipinski definition) is 8. The summed E-state index contributed by atoms with van der Waals surface area (Å²) in [5.41, 5.74) is 9.56. The Kier molecular flexibility index (Phi) is 8.23. The van der Waals surface area contributed by atoms with Crippen molar-refractivity contribution in [3.05, 3.63) is 65.7 Å². The molecule has 0 atom stereocenters. The molecule has 0 unspecified atom stereocenters. The van der Waals surface area contributed by atoms with Gasteiger partial charge in [0.05, 0.1) is 23.7 Å². The molecule has 4 N–H and O–H groups in total. The topological polar surface area (TPSA) is 140 Å². The summed E-state index contributed by atoms with van der Waals surface area (Å²) in [7, 11) is 0. The van der Waals surface area contributed by atoms with Crippen molar-refractivity contribution in [3.63, 3.8) is 0 Å². The Balaban J connectivity index is 1.41. The van der Waals surface area contributed by atoms with Crippen molar-refractivity contribution in [3.8, 4) is 17.2 Å². The summed E-state index contributed by atoms with van der Waals surface area (Å²) < 4.78 is 40.7. The molecule has 1 fully saturated rings. The Morgan fingerprint density at radius 1 is 1.07 bits per heavy atom. The van der Waals surface area contributed by atoms with Gasteiger partial charge in [-0.3, -0.25) is 10.2 Å². The van der Waals surface area contributed by atoms with Gasteiger partial charge in [0.2, 0.25) is 0 Å². The summed E-state index contributed by atoms with van der Waals surface area (Å²) in [6.45, 7) is 7.45. The summed E-state index contributed by atoms with van der Waals surface area (Å²) in [5.74, 6) is 0.0379. The van der Waals surface area contributed by atoms with Gasteiger partial charge in [-0.1, -0.05) is 19.1 Å². The zero-order valence-electron chi connectivity index (χ0n) is 22.8. The van der Waals surface area contributed by atoms with Crippen LogP contribution in [0.4, 0.5) is 35.3 Å². The number of amides is 2. The third kappa shape index (κ3) is 6.12. The Bertz CT molecular complexity index is 1620. The number of nitrogens with one attached hydrogen (secondary N) is 2. The van der Waals surface area contributed by atoms with Gasteiger partial charge in [0.15, 0.2) is 5.82 Å². The van der Waals surface area contributed by atoms with E-state index in [2.05, 4.69) is 48.5 Å². The molecule has 0 radical (unpaired) electrons. The van der Waals surface area contributed by atoms with Gasteiger partial charge in [0.1, 0.15) is 17.7 Å². The average molecular weight is 579 g/mol. The van der Waals surface area contributed by atoms with Crippen LogP contribution in [0.2, 0.25) is 0 Å². The minimum absolute atomic E-state index is 0.134. The highest BCUT2D eigenvalue weighted by molar-refractivity contribution is 5.99. The molecule has 1 aliphatic rings. The number of hydrogen-bond donors (Lipinski definition) is 3. The number of anilines is 3. The monoisotopic (exact) mass is 578 g/mol. The lowest BCUT2D eigenvalue weighted by molar-refractivity contribution is -0.137. The van der Waals surface area contributed by atoms with Gasteiger partial charge in [-0.05, 0) is 41.9 Å². The molecule has 5 rings (SSSR count). The van der Waals surface area contributed by atoms with Crippen molar-refractivity contribution in [2.45, 2.75) is 26.1 Å². The molecule has 14 heteroatoms. The number of nitrogens with zero attached hydrogens (tertiary/aromatic N) is 7. The molecule has 0 spiro atoms. The van der Waals surface area contributed by atoms with Crippen molar-refractivity contribution < 1.29 is 18.0 Å². The molecule has 0 bridgehead atoms. The molecule has 218 valence electrons. The van der Waals surface area contributed by atoms with Crippen LogP contribution in [-0.4, -0.2) is 68.1 Å². The zero-order valence-corrected chi connectivity index (χ0v) is 22.8. The molecule has 42 heavy (non-hydrogen) atoms. The van der Waals surface area contributed by atoms with Crippen LogP contribution >= 0.6 is 0 Å². The molecule has 4 heterocycles. The summed E-state index contributed by atoms with van der Waals surface area (Å²) >= 11 is 0. The lowest BCUT2D eigenvalue weighted by Gasteiger charge is -2.34. The predicted molar refractivity (Wildman–Crippen MR) is 151 cm³/mol. The molecule has 0 aliphatic carbocycles. The van der Waals surface area contributed by atoms with Crippen LogP contribution in [0.3, 0.4) is 0 Å². The molecule has 4 aromatic rings. The number of rotatable bonds is 7. The standard InChI is InChI=1S/C28H29F3N10O/c1-2-39-11-13-40(14-12-39)16-22-21(7-9-32)24(25-26(33)35-17-36-41(22)25)18-3-5-20(6-4-18)37-27(42)38-23-15-19(8-10-34-23)28(29,30)31/h3-6,8,10,15,17H,2,7,11-14,16H2,1H3,(H2,33,35,36)(H2,34,37,38,42). The predicted octanol–water partition coefficient (Wildman–Crippen LogP) is 4.24. The summed E-state index contributed by atoms with van der Waals surface area (Å²) in [6.07, 6.45) is -2.05. The van der Waals surface area contributed by atoms with E-state index in [0.717, 1.165) is 73.4 Å². The molecule has 3 aromatic heterocycles. The Labute approximate surface area is 239 Å². The van der Waals surface area contributed by atoms with Crippen molar-refractivity contribution in [2.24, 2.45) is 0 Å². The normalized spacial score (nSPS) is 14.5. The van der Waals surface area contributed by atoms with E-state index in [1.54, 1.807) is 28.8 Å². The first-order valence-corrected chi connectivity index (χ1v) is 13.3. The number of aromatic nitrogens is 4. The van der Waals surface area contributed by atoms with E-state index in [9.17, 15) is 23.2 Å². The molecule has 2 amide bonds. The number of pyridine rings is 1. The molecular weight excluding hydrogens is 549 g/mol. The first-order valence-electron chi connectivity index (χ1n) is 13.3. The molecule has 1 saturated heterocycles. The van der Waals surface area contributed by atoms with Gasteiger partial charge >= 0.3 is 12.2 Å². The maximum atomic E-state index is 13.0. The fourth-order valence-electron chi connectivity index (χ4n) is 5.11. The highest BCUT2D eigenvalue weighted by atomic mass is 19.4. The zero-order chi connectivity index (χ0) is 29.9. The molecule has 1 aromatic carbocycles. The number of halogens is 3. The number of carbonyl (C=O) groups excluding carboxylic acids is 1. The molecular formula is C28H29F3N10O. The number of alkyl halides is 3. The molecule has 1 aliphatic heterocycles. The number of fused-ring (bicyclic) bond motifs is 1. The number of carbonyl (C=O) groups is 1. The second kappa shape index (κ2) is 12.0. The van der Waals surface area contributed by atoms with E-state index < -0.39 is 17.8 Å². The van der Waals surface area contributed by atoms with E-state index in [0.29, 0.717) is 17.7 Å². The van der Waals surface area contributed by atoms with Crippen LogP contribution in [-0.2, 0) is 19.1 Å². The molecule has 0 saturated carbocycles. The minimum Gasteiger partial charge on any atom is -0.382 e. The number of piperazine rings is 1. The van der Waals surface area contributed by atoms with Crippen LogP contribution in [0.1, 0.15) is 23.7 Å². The maximum Gasteiger partial charge on any atom is 0.416 e. The third-order valence-electron chi connectivity index (χ3n) is 7.26. The maximum absolute atomic E-state index is 13.0. The van der Waals surface area contributed by atoms with Gasteiger partial charge in [0, 0.05) is 50.2 Å². The number of nitrogens with two attached hydrogens (primary N) is 1. The lowest BCUT2D eigenvalue weighted by atomic mass is 9.98. The lowest BCUT2D eigenvalue weighted by Crippen LogP contribution is -2.45. The fraction of sp³-hybridized carbons (Fsp3) is 0.321. The number of nitrogen functional groups attached to an aromatic ring is 1. The minimum atomic E-state index is -4.56. The van der Waals surface area contributed by atoms with Gasteiger partial charge in [-0.15, -0.1) is 0 Å². The summed E-state index contributed by atoms with van der Waals surface area (Å²) in [6, 6.07) is 9.94. The van der Waals surface area contributed by atoms with Crippen molar-refractivity contribution in [1.82, 2.24) is 29.4 Å². The SMILES string of the molecule is CCN1CCN(Cc2c(CC#N)c(-c3ccc(NC(=O)Nc4cc(C(F)(F)F)ccn4)cc3)c3c(N)ncnn23)CC1. The van der Waals surface area contributed by atoms with E-state index >= 15 is 0 Å². The van der Waals surface area contributed by atoms with Crippen LogP contribution in [0.15, 0.2) is 48.9 Å². The van der Waals surface area contributed by atoms with Crippen molar-refractivity contribution in [1.29, 1.82) is 5.26 Å². The smallest absolute Gasteiger partial charge is 0.382 e. The first kappa shape index (κ1) is 28.8. The number of urea groups is 1. The van der Waals surface area contributed by atoms with E-state index in [1.807, 2.05) is 0 Å². The Morgan fingerprint density at radius 2 is 1.79 bits per heavy atom. The third-order valence-corrected chi connectivity index (χ3v) is 7.26. The van der Waals surface area contributed by atoms with Crippen LogP contribution in [0.25, 0.3) is 16.6 Å². The highest BCUT2D eigenvalue weighted by Gasteiger charge is 2.31. The summed E-state index contributed by atoms with van der Waals surface area (Å²) in [4.78, 5) is 25.2. The van der Waals surface area contributed by atoms with Gasteiger partial charge in [-0.2, -0.15) is 23.5 Å². The van der Waals surface area contributed by atoms with Gasteiger partial charge < -0.3 is 16.0 Å². The van der Waals surface area contributed by atoms with Crippen molar-refractivity contribution >= 4 is 28.9 Å². The first-order chi connectivity index (χ1) is 20.2. The fourth-order valence-corrected chi connectivity index (χ4v) is 5.11. The van der Waals surface area contributed by atoms with Gasteiger partial charge in [0.25, 0.3) is 0 Å². The second-order valence-electron chi connectivity index (χ2n) is 9.84. The quantitative estimate of drug-likeness (QED) is 0.296. The molecule has 11 nitrogen and oxygen atoms in total. The number of likely N-dealkylation sites (N-methyl/N-ethyl adjacent to an activating group) is 1. The second-order valence-corrected chi connectivity index (χ2v) is 9.84. The van der Waals surface area contributed by atoms with Crippen LogP contribution in [0, 0.1) is 11.3 Å². The number of benzene rings is 1. The average Bonchev–Trinajstić information content (AvgIpc) is 3.27. The van der Waals surface area contributed by atoms with Crippen molar-refractivity contribution in [2.75, 3.05) is 49.1 Å². The Hall–Kier alpha value is -4.74.